The number of hydrogen-bond donors (Lipinski definition) is 2. The van der Waals surface area contributed by atoms with Crippen LogP contribution in [-0.4, -0.2) is 23.2 Å². The van der Waals surface area contributed by atoms with E-state index in [9.17, 15) is 4.79 Å². The van der Waals surface area contributed by atoms with Gasteiger partial charge in [-0.1, -0.05) is 18.2 Å². The molecule has 0 bridgehead atoms. The van der Waals surface area contributed by atoms with Crippen molar-refractivity contribution >= 4 is 11.8 Å². The normalized spacial score (nSPS) is 11.0. The van der Waals surface area contributed by atoms with Crippen LogP contribution in [0.3, 0.4) is 0 Å². The van der Waals surface area contributed by atoms with Gasteiger partial charge in [0, 0.05) is 18.4 Å². The van der Waals surface area contributed by atoms with Gasteiger partial charge in [0.15, 0.2) is 0 Å². The van der Waals surface area contributed by atoms with Crippen molar-refractivity contribution in [1.29, 1.82) is 0 Å². The van der Waals surface area contributed by atoms with Gasteiger partial charge in [-0.2, -0.15) is 0 Å². The Kier molecular flexibility index (Phi) is 6.18. The van der Waals surface area contributed by atoms with Crippen LogP contribution in [0.2, 0.25) is 0 Å². The molecule has 0 aliphatic heterocycles. The first-order valence-corrected chi connectivity index (χ1v) is 8.12. The van der Waals surface area contributed by atoms with Crippen LogP contribution in [0.25, 0.3) is 0 Å². The number of nitrogens with zero attached hydrogens (tertiary/aromatic N) is 1. The largest absolute Gasteiger partial charge is 0.444 e. The summed E-state index contributed by atoms with van der Waals surface area (Å²) in [7, 11) is 0. The van der Waals surface area contributed by atoms with Crippen molar-refractivity contribution in [2.75, 3.05) is 11.9 Å². The SMILES string of the molecule is CC(C)(C)OC(=O)NCCc1ccc(NCc2ccccn2)cc1. The Balaban J connectivity index is 1.73. The first kappa shape index (κ1) is 17.8. The number of pyridine rings is 1. The summed E-state index contributed by atoms with van der Waals surface area (Å²) in [5.41, 5.74) is 2.74. The molecule has 2 aromatic rings. The topological polar surface area (TPSA) is 63.2 Å². The maximum Gasteiger partial charge on any atom is 0.407 e. The second-order valence-corrected chi connectivity index (χ2v) is 6.55. The van der Waals surface area contributed by atoms with Crippen LogP contribution in [0.15, 0.2) is 48.7 Å². The van der Waals surface area contributed by atoms with Gasteiger partial charge in [-0.3, -0.25) is 4.98 Å². The molecule has 1 aromatic carbocycles. The van der Waals surface area contributed by atoms with E-state index in [4.69, 9.17) is 4.74 Å². The Morgan fingerprint density at radius 2 is 1.88 bits per heavy atom. The predicted molar refractivity (Wildman–Crippen MR) is 95.9 cm³/mol. The molecule has 0 atom stereocenters. The number of amides is 1. The van der Waals surface area contributed by atoms with Gasteiger partial charge >= 0.3 is 6.09 Å². The fraction of sp³-hybridized carbons (Fsp3) is 0.368. The zero-order valence-electron chi connectivity index (χ0n) is 14.5. The Morgan fingerprint density at radius 3 is 2.50 bits per heavy atom. The highest BCUT2D eigenvalue weighted by Crippen LogP contribution is 2.11. The molecule has 5 heteroatoms. The average Bonchev–Trinajstić information content (AvgIpc) is 2.53. The van der Waals surface area contributed by atoms with E-state index in [0.717, 1.165) is 23.4 Å². The summed E-state index contributed by atoms with van der Waals surface area (Å²) in [5, 5.41) is 6.10. The summed E-state index contributed by atoms with van der Waals surface area (Å²) in [6, 6.07) is 14.0. The predicted octanol–water partition coefficient (Wildman–Crippen LogP) is 3.76. The van der Waals surface area contributed by atoms with Crippen LogP contribution in [0, 0.1) is 0 Å². The molecule has 24 heavy (non-hydrogen) atoms. The molecule has 0 radical (unpaired) electrons. The third-order valence-electron chi connectivity index (χ3n) is 3.24. The lowest BCUT2D eigenvalue weighted by atomic mass is 10.1. The lowest BCUT2D eigenvalue weighted by Crippen LogP contribution is -2.33. The van der Waals surface area contributed by atoms with Crippen LogP contribution in [-0.2, 0) is 17.7 Å². The quantitative estimate of drug-likeness (QED) is 0.848. The Morgan fingerprint density at radius 1 is 1.12 bits per heavy atom. The van der Waals surface area contributed by atoms with Crippen molar-refractivity contribution in [2.45, 2.75) is 39.3 Å². The molecule has 128 valence electrons. The van der Waals surface area contributed by atoms with E-state index in [0.29, 0.717) is 13.1 Å². The molecule has 1 heterocycles. The Labute approximate surface area is 143 Å². The first-order chi connectivity index (χ1) is 11.4. The van der Waals surface area contributed by atoms with Gasteiger partial charge in [0.25, 0.3) is 0 Å². The van der Waals surface area contributed by atoms with Crippen LogP contribution in [0.1, 0.15) is 32.0 Å². The standard InChI is InChI=1S/C19H25N3O2/c1-19(2,3)24-18(23)21-13-11-15-7-9-16(10-8-15)22-14-17-6-4-5-12-20-17/h4-10,12,22H,11,13-14H2,1-3H3,(H,21,23). The van der Waals surface area contributed by atoms with Gasteiger partial charge in [0.1, 0.15) is 5.60 Å². The van der Waals surface area contributed by atoms with Crippen LogP contribution in [0.4, 0.5) is 10.5 Å². The number of ether oxygens (including phenoxy) is 1. The summed E-state index contributed by atoms with van der Waals surface area (Å²) in [5.74, 6) is 0. The van der Waals surface area contributed by atoms with Crippen molar-refractivity contribution in [1.82, 2.24) is 10.3 Å². The number of carbonyl (C=O) groups is 1. The summed E-state index contributed by atoms with van der Waals surface area (Å²) >= 11 is 0. The minimum atomic E-state index is -0.467. The van der Waals surface area contributed by atoms with Crippen LogP contribution < -0.4 is 10.6 Å². The van der Waals surface area contributed by atoms with Crippen LogP contribution in [0.5, 0.6) is 0 Å². The maximum atomic E-state index is 11.6. The monoisotopic (exact) mass is 327 g/mol. The molecule has 0 aliphatic carbocycles. The molecule has 0 saturated heterocycles. The molecule has 1 amide bonds. The molecule has 0 unspecified atom stereocenters. The first-order valence-electron chi connectivity index (χ1n) is 8.12. The van der Waals surface area contributed by atoms with E-state index in [1.54, 1.807) is 6.20 Å². The minimum Gasteiger partial charge on any atom is -0.444 e. The molecule has 0 aliphatic rings. The number of aromatic nitrogens is 1. The van der Waals surface area contributed by atoms with Crippen molar-refractivity contribution in [3.63, 3.8) is 0 Å². The third-order valence-corrected chi connectivity index (χ3v) is 3.24. The molecule has 1 aromatic heterocycles. The second kappa shape index (κ2) is 8.34. The number of nitrogens with one attached hydrogen (secondary N) is 2. The molecular formula is C19H25N3O2. The Hall–Kier alpha value is -2.56. The molecule has 2 N–H and O–H groups in total. The number of benzene rings is 1. The number of anilines is 1. The van der Waals surface area contributed by atoms with Crippen molar-refractivity contribution in [3.8, 4) is 0 Å². The summed E-state index contributed by atoms with van der Waals surface area (Å²) in [6.07, 6.45) is 2.17. The van der Waals surface area contributed by atoms with Gasteiger partial charge in [-0.15, -0.1) is 0 Å². The van der Waals surface area contributed by atoms with E-state index in [1.165, 1.54) is 0 Å². The van der Waals surface area contributed by atoms with Gasteiger partial charge < -0.3 is 15.4 Å². The molecule has 2 rings (SSSR count). The zero-order valence-corrected chi connectivity index (χ0v) is 14.5. The molecule has 0 fully saturated rings. The van der Waals surface area contributed by atoms with Gasteiger partial charge in [-0.05, 0) is 57.0 Å². The zero-order chi connectivity index (χ0) is 17.4. The second-order valence-electron chi connectivity index (χ2n) is 6.55. The van der Waals surface area contributed by atoms with Gasteiger partial charge in [0.05, 0.1) is 12.2 Å². The number of carbonyl (C=O) groups excluding carboxylic acids is 1. The number of rotatable bonds is 6. The van der Waals surface area contributed by atoms with E-state index in [2.05, 4.69) is 27.8 Å². The fourth-order valence-electron chi connectivity index (χ4n) is 2.11. The average molecular weight is 327 g/mol. The highest BCUT2D eigenvalue weighted by molar-refractivity contribution is 5.67. The third kappa shape index (κ3) is 6.69. The van der Waals surface area contributed by atoms with Crippen molar-refractivity contribution in [3.05, 3.63) is 59.9 Å². The lowest BCUT2D eigenvalue weighted by molar-refractivity contribution is 0.0528. The van der Waals surface area contributed by atoms with Crippen molar-refractivity contribution < 1.29 is 9.53 Å². The van der Waals surface area contributed by atoms with E-state index in [-0.39, 0.29) is 6.09 Å². The molecule has 0 spiro atoms. The van der Waals surface area contributed by atoms with Crippen LogP contribution >= 0.6 is 0 Å². The van der Waals surface area contributed by atoms with E-state index in [1.807, 2.05) is 51.1 Å². The van der Waals surface area contributed by atoms with E-state index < -0.39 is 5.60 Å². The summed E-state index contributed by atoms with van der Waals surface area (Å²) in [4.78, 5) is 15.9. The lowest BCUT2D eigenvalue weighted by Gasteiger charge is -2.19. The molecule has 5 nitrogen and oxygen atoms in total. The van der Waals surface area contributed by atoms with Gasteiger partial charge in [-0.25, -0.2) is 4.79 Å². The van der Waals surface area contributed by atoms with E-state index >= 15 is 0 Å². The smallest absolute Gasteiger partial charge is 0.407 e. The summed E-state index contributed by atoms with van der Waals surface area (Å²) in [6.45, 7) is 6.80. The Bertz CT molecular complexity index is 634. The maximum absolute atomic E-state index is 11.6. The molecule has 0 saturated carbocycles. The highest BCUT2D eigenvalue weighted by Gasteiger charge is 2.15. The minimum absolute atomic E-state index is 0.379. The number of hydrogen-bond acceptors (Lipinski definition) is 4. The van der Waals surface area contributed by atoms with Gasteiger partial charge in [0.2, 0.25) is 0 Å². The summed E-state index contributed by atoms with van der Waals surface area (Å²) < 4.78 is 5.20. The molecular weight excluding hydrogens is 302 g/mol. The highest BCUT2D eigenvalue weighted by atomic mass is 16.6. The number of alkyl carbamates (subject to hydrolysis) is 1. The fourth-order valence-corrected chi connectivity index (χ4v) is 2.11. The van der Waals surface area contributed by atoms with Crippen molar-refractivity contribution in [2.24, 2.45) is 0 Å².